The SMILES string of the molecule is Nc1ccc(Oc2ccc(C(c3ccc(Oc4ccc(N)c(N)c4)cc3)(c3cc(C(F)(F)F)cc(C(F)(F)F)c3)C(F)(F)F)cc2)cc1N. The molecule has 5 aromatic rings. The summed E-state index contributed by atoms with van der Waals surface area (Å²) in [7, 11) is 0. The van der Waals surface area contributed by atoms with Crippen molar-refractivity contribution in [2.24, 2.45) is 0 Å². The number of benzene rings is 5. The molecule has 0 fully saturated rings. The standard InChI is InChI=1S/C34H25F9N4O2/c35-32(36,37)21-13-20(14-22(15-21)33(38,39)40)31(34(41,42)43,18-1-5-23(6-2-18)48-25-9-11-27(44)29(46)16-25)19-3-7-24(8-4-19)49-26-10-12-28(45)30(47)17-26/h1-17H,44-47H2. The third kappa shape index (κ3) is 6.96. The molecule has 0 heterocycles. The second-order valence-electron chi connectivity index (χ2n) is 10.9. The van der Waals surface area contributed by atoms with E-state index in [0.29, 0.717) is 0 Å². The summed E-state index contributed by atoms with van der Waals surface area (Å²) in [5.74, 6) is 0.284. The Morgan fingerprint density at radius 3 is 0.980 bits per heavy atom. The van der Waals surface area contributed by atoms with Gasteiger partial charge in [0.25, 0.3) is 0 Å². The van der Waals surface area contributed by atoms with E-state index < -0.39 is 51.8 Å². The molecular formula is C34H25F9N4O2. The van der Waals surface area contributed by atoms with Gasteiger partial charge in [0.2, 0.25) is 0 Å². The average Bonchev–Trinajstić information content (AvgIpc) is 3.01. The van der Waals surface area contributed by atoms with Crippen LogP contribution in [0.15, 0.2) is 103 Å². The molecule has 49 heavy (non-hydrogen) atoms. The van der Waals surface area contributed by atoms with Crippen LogP contribution in [0.25, 0.3) is 0 Å². The summed E-state index contributed by atoms with van der Waals surface area (Å²) < 4.78 is 142. The lowest BCUT2D eigenvalue weighted by atomic mass is 9.68. The summed E-state index contributed by atoms with van der Waals surface area (Å²) in [5, 5.41) is 0. The van der Waals surface area contributed by atoms with E-state index in [0.717, 1.165) is 48.5 Å². The number of alkyl halides is 9. The van der Waals surface area contributed by atoms with E-state index >= 15 is 13.2 Å². The summed E-state index contributed by atoms with van der Waals surface area (Å²) >= 11 is 0. The molecule has 0 amide bonds. The van der Waals surface area contributed by atoms with Crippen LogP contribution in [0.2, 0.25) is 0 Å². The van der Waals surface area contributed by atoms with Crippen molar-refractivity contribution < 1.29 is 49.0 Å². The molecule has 0 bridgehead atoms. The number of rotatable bonds is 7. The number of hydrogen-bond donors (Lipinski definition) is 4. The van der Waals surface area contributed by atoms with Gasteiger partial charge < -0.3 is 32.4 Å². The Bertz CT molecular complexity index is 1840. The lowest BCUT2D eigenvalue weighted by Gasteiger charge is -2.38. The predicted molar refractivity (Wildman–Crippen MR) is 166 cm³/mol. The zero-order valence-corrected chi connectivity index (χ0v) is 24.8. The highest BCUT2D eigenvalue weighted by atomic mass is 19.4. The van der Waals surface area contributed by atoms with E-state index in [2.05, 4.69) is 0 Å². The second kappa shape index (κ2) is 12.4. The smallest absolute Gasteiger partial charge is 0.416 e. The Morgan fingerprint density at radius 2 is 0.673 bits per heavy atom. The second-order valence-corrected chi connectivity index (χ2v) is 10.9. The topological polar surface area (TPSA) is 123 Å². The van der Waals surface area contributed by atoms with Gasteiger partial charge >= 0.3 is 18.5 Å². The molecule has 0 spiro atoms. The lowest BCUT2D eigenvalue weighted by molar-refractivity contribution is -0.167. The largest absolute Gasteiger partial charge is 0.457 e. The van der Waals surface area contributed by atoms with Crippen LogP contribution in [-0.2, 0) is 17.8 Å². The van der Waals surface area contributed by atoms with Crippen LogP contribution in [-0.4, -0.2) is 6.18 Å². The molecule has 0 radical (unpaired) electrons. The minimum atomic E-state index is -5.51. The zero-order valence-electron chi connectivity index (χ0n) is 24.8. The Morgan fingerprint density at radius 1 is 0.347 bits per heavy atom. The average molecular weight is 693 g/mol. The van der Waals surface area contributed by atoms with Crippen LogP contribution in [0.4, 0.5) is 62.3 Å². The molecule has 256 valence electrons. The first-order valence-corrected chi connectivity index (χ1v) is 14.0. The number of hydrogen-bond acceptors (Lipinski definition) is 6. The molecule has 6 nitrogen and oxygen atoms in total. The fourth-order valence-corrected chi connectivity index (χ4v) is 5.21. The molecule has 5 aromatic carbocycles. The molecule has 5 rings (SSSR count). The van der Waals surface area contributed by atoms with Crippen LogP contribution in [0, 0.1) is 0 Å². The molecule has 0 aliphatic rings. The highest BCUT2D eigenvalue weighted by molar-refractivity contribution is 5.66. The van der Waals surface area contributed by atoms with Crippen molar-refractivity contribution in [1.29, 1.82) is 0 Å². The maximum absolute atomic E-state index is 15.7. The van der Waals surface area contributed by atoms with Crippen molar-refractivity contribution in [3.05, 3.63) is 131 Å². The van der Waals surface area contributed by atoms with Gasteiger partial charge in [0, 0.05) is 12.1 Å². The highest BCUT2D eigenvalue weighted by Gasteiger charge is 2.59. The van der Waals surface area contributed by atoms with E-state index in [1.54, 1.807) is 0 Å². The molecule has 0 aromatic heterocycles. The minimum Gasteiger partial charge on any atom is -0.457 e. The monoisotopic (exact) mass is 692 g/mol. The lowest BCUT2D eigenvalue weighted by Crippen LogP contribution is -2.45. The fraction of sp³-hybridized carbons (Fsp3) is 0.118. The summed E-state index contributed by atoms with van der Waals surface area (Å²) in [5.41, 5.74) is 13.6. The van der Waals surface area contributed by atoms with Gasteiger partial charge in [-0.2, -0.15) is 39.5 Å². The van der Waals surface area contributed by atoms with Gasteiger partial charge in [0.05, 0.1) is 33.9 Å². The van der Waals surface area contributed by atoms with Crippen LogP contribution >= 0.6 is 0 Å². The van der Waals surface area contributed by atoms with Crippen LogP contribution in [0.3, 0.4) is 0 Å². The molecule has 8 N–H and O–H groups in total. The van der Waals surface area contributed by atoms with Gasteiger partial charge in [0.15, 0.2) is 0 Å². The van der Waals surface area contributed by atoms with Gasteiger partial charge in [-0.3, -0.25) is 0 Å². The van der Waals surface area contributed by atoms with Gasteiger partial charge in [-0.05, 0) is 83.4 Å². The molecular weight excluding hydrogens is 667 g/mol. The maximum atomic E-state index is 15.7. The third-order valence-corrected chi connectivity index (χ3v) is 7.61. The van der Waals surface area contributed by atoms with Gasteiger partial charge in [-0.15, -0.1) is 0 Å². The van der Waals surface area contributed by atoms with Crippen molar-refractivity contribution in [3.8, 4) is 23.0 Å². The van der Waals surface area contributed by atoms with E-state index in [1.165, 1.54) is 36.4 Å². The fourth-order valence-electron chi connectivity index (χ4n) is 5.21. The number of nitrogens with two attached hydrogens (primary N) is 4. The van der Waals surface area contributed by atoms with Gasteiger partial charge in [0.1, 0.15) is 28.4 Å². The quantitative estimate of drug-likeness (QED) is 0.0766. The Kier molecular flexibility index (Phi) is 8.74. The number of anilines is 4. The van der Waals surface area contributed by atoms with E-state index in [9.17, 15) is 26.3 Å². The molecule has 0 unspecified atom stereocenters. The van der Waals surface area contributed by atoms with Crippen LogP contribution in [0.1, 0.15) is 27.8 Å². The zero-order chi connectivity index (χ0) is 35.9. The Balaban J connectivity index is 1.71. The molecule has 0 aliphatic carbocycles. The first-order valence-electron chi connectivity index (χ1n) is 14.0. The van der Waals surface area contributed by atoms with Crippen molar-refractivity contribution in [2.45, 2.75) is 23.9 Å². The maximum Gasteiger partial charge on any atom is 0.416 e. The van der Waals surface area contributed by atoms with Crippen molar-refractivity contribution in [1.82, 2.24) is 0 Å². The van der Waals surface area contributed by atoms with Crippen molar-refractivity contribution >= 4 is 22.7 Å². The minimum absolute atomic E-state index is 0.0180. The molecule has 0 aliphatic heterocycles. The van der Waals surface area contributed by atoms with Crippen LogP contribution in [0.5, 0.6) is 23.0 Å². The Hall–Kier alpha value is -5.73. The Labute approximate surface area is 272 Å². The van der Waals surface area contributed by atoms with Crippen LogP contribution < -0.4 is 32.4 Å². The number of halogens is 9. The van der Waals surface area contributed by atoms with E-state index in [1.807, 2.05) is 0 Å². The first-order chi connectivity index (χ1) is 22.8. The molecule has 0 saturated heterocycles. The molecule has 0 saturated carbocycles. The van der Waals surface area contributed by atoms with E-state index in [-0.39, 0.29) is 63.9 Å². The summed E-state index contributed by atoms with van der Waals surface area (Å²) in [6, 6.07) is 16.3. The highest BCUT2D eigenvalue weighted by Crippen LogP contribution is 2.53. The number of ether oxygens (including phenoxy) is 2. The first kappa shape index (κ1) is 34.6. The van der Waals surface area contributed by atoms with Gasteiger partial charge in [-0.25, -0.2) is 0 Å². The van der Waals surface area contributed by atoms with E-state index in [4.69, 9.17) is 32.4 Å². The summed E-state index contributed by atoms with van der Waals surface area (Å²) in [6.07, 6.45) is -16.4. The van der Waals surface area contributed by atoms with Crippen molar-refractivity contribution in [3.63, 3.8) is 0 Å². The number of nitrogen functional groups attached to an aromatic ring is 4. The van der Waals surface area contributed by atoms with Crippen molar-refractivity contribution in [2.75, 3.05) is 22.9 Å². The van der Waals surface area contributed by atoms with Gasteiger partial charge in [-0.1, -0.05) is 24.3 Å². The summed E-state index contributed by atoms with van der Waals surface area (Å²) in [6.45, 7) is 0. The predicted octanol–water partition coefficient (Wildman–Crippen LogP) is 9.53. The third-order valence-electron chi connectivity index (χ3n) is 7.61. The molecule has 15 heteroatoms. The molecule has 0 atom stereocenters. The summed E-state index contributed by atoms with van der Waals surface area (Å²) in [4.78, 5) is 0. The normalized spacial score (nSPS) is 12.5.